The number of thioether (sulfide) groups is 1. The Balaban J connectivity index is 2.52. The number of H-pyrrole nitrogens is 1. The maximum Gasteiger partial charge on any atom is 0.292 e. The number of fused-ring (bicyclic) bond motifs is 1. The third-order valence-corrected chi connectivity index (χ3v) is 4.64. The summed E-state index contributed by atoms with van der Waals surface area (Å²) in [7, 11) is 0.112. The number of rotatable bonds is 7. The second-order valence-corrected chi connectivity index (χ2v) is 8.42. The van der Waals surface area contributed by atoms with Crippen molar-refractivity contribution in [3.63, 3.8) is 0 Å². The molecular weight excluding hydrogens is 370 g/mol. The molecule has 0 unspecified atom stereocenters. The van der Waals surface area contributed by atoms with Crippen LogP contribution >= 0.6 is 11.8 Å². The lowest BCUT2D eigenvalue weighted by atomic mass is 10.2. The van der Waals surface area contributed by atoms with Crippen LogP contribution in [0.1, 0.15) is 0 Å². The molecule has 1 heterocycles. The molecule has 0 amide bonds. The number of nitro groups is 1. The zero-order valence-corrected chi connectivity index (χ0v) is 15.4. The molecule has 0 fully saturated rings. The van der Waals surface area contributed by atoms with Gasteiger partial charge in [0.05, 0.1) is 27.1 Å². The van der Waals surface area contributed by atoms with Crippen molar-refractivity contribution in [2.24, 2.45) is 0 Å². The standard InChI is InChI=1S/C13H17N5O5S2/c1-17(2)4-5-24-11-7-9-8(6-10(11)18(20)21)15-13(19)12(14-9)16-25(3,22)23/h6-7H,4-5H2,1-3H3,(H,14,16)(H,15,19). The van der Waals surface area contributed by atoms with Gasteiger partial charge in [-0.1, -0.05) is 0 Å². The summed E-state index contributed by atoms with van der Waals surface area (Å²) in [5.41, 5.74) is -0.505. The van der Waals surface area contributed by atoms with E-state index in [2.05, 4.69) is 9.97 Å². The van der Waals surface area contributed by atoms with Crippen molar-refractivity contribution in [3.05, 3.63) is 32.6 Å². The van der Waals surface area contributed by atoms with E-state index >= 15 is 0 Å². The molecule has 0 radical (unpaired) electrons. The van der Waals surface area contributed by atoms with Crippen molar-refractivity contribution < 1.29 is 13.3 Å². The van der Waals surface area contributed by atoms with Crippen LogP contribution < -0.4 is 10.3 Å². The van der Waals surface area contributed by atoms with Crippen molar-refractivity contribution in [1.29, 1.82) is 0 Å². The minimum Gasteiger partial charge on any atom is -0.317 e. The fourth-order valence-corrected chi connectivity index (χ4v) is 3.59. The molecule has 0 saturated heterocycles. The molecule has 2 N–H and O–H groups in total. The molecule has 12 heteroatoms. The van der Waals surface area contributed by atoms with Gasteiger partial charge < -0.3 is 9.88 Å². The highest BCUT2D eigenvalue weighted by atomic mass is 32.2. The summed E-state index contributed by atoms with van der Waals surface area (Å²) in [6.07, 6.45) is 0.899. The van der Waals surface area contributed by atoms with E-state index in [1.54, 1.807) is 0 Å². The van der Waals surface area contributed by atoms with E-state index < -0.39 is 20.5 Å². The smallest absolute Gasteiger partial charge is 0.292 e. The first kappa shape index (κ1) is 19.1. The van der Waals surface area contributed by atoms with Crippen LogP contribution in [-0.2, 0) is 10.0 Å². The average Bonchev–Trinajstić information content (AvgIpc) is 2.45. The number of anilines is 1. The first-order valence-corrected chi connectivity index (χ1v) is 9.92. The quantitative estimate of drug-likeness (QED) is 0.405. The van der Waals surface area contributed by atoms with Crippen LogP contribution in [0.25, 0.3) is 11.0 Å². The number of aromatic amines is 1. The molecular formula is C13H17N5O5S2. The highest BCUT2D eigenvalue weighted by Gasteiger charge is 2.18. The number of hydrogen-bond donors (Lipinski definition) is 2. The van der Waals surface area contributed by atoms with Crippen molar-refractivity contribution in [2.45, 2.75) is 4.90 Å². The highest BCUT2D eigenvalue weighted by Crippen LogP contribution is 2.32. The number of sulfonamides is 1. The molecule has 0 aliphatic heterocycles. The first-order valence-electron chi connectivity index (χ1n) is 7.04. The monoisotopic (exact) mass is 387 g/mol. The lowest BCUT2D eigenvalue weighted by Crippen LogP contribution is -2.20. The van der Waals surface area contributed by atoms with Gasteiger partial charge in [0.15, 0.2) is 0 Å². The van der Waals surface area contributed by atoms with Crippen LogP contribution in [0, 0.1) is 10.1 Å². The highest BCUT2D eigenvalue weighted by molar-refractivity contribution is 7.99. The number of benzene rings is 1. The lowest BCUT2D eigenvalue weighted by Gasteiger charge is -2.10. The molecule has 0 atom stereocenters. The summed E-state index contributed by atoms with van der Waals surface area (Å²) in [6.45, 7) is 0.722. The maximum absolute atomic E-state index is 11.9. The van der Waals surface area contributed by atoms with Crippen molar-refractivity contribution in [1.82, 2.24) is 14.9 Å². The summed E-state index contributed by atoms with van der Waals surface area (Å²) < 4.78 is 24.6. The van der Waals surface area contributed by atoms with Crippen LogP contribution in [0.3, 0.4) is 0 Å². The summed E-state index contributed by atoms with van der Waals surface area (Å²) in [4.78, 5) is 31.4. The van der Waals surface area contributed by atoms with Gasteiger partial charge in [-0.15, -0.1) is 11.8 Å². The summed E-state index contributed by atoms with van der Waals surface area (Å²) in [5.74, 6) is 0.241. The molecule has 0 aliphatic carbocycles. The first-order chi connectivity index (χ1) is 11.6. The van der Waals surface area contributed by atoms with Gasteiger partial charge in [-0.25, -0.2) is 13.4 Å². The zero-order valence-electron chi connectivity index (χ0n) is 13.8. The van der Waals surface area contributed by atoms with Gasteiger partial charge in [0.2, 0.25) is 15.8 Å². The van der Waals surface area contributed by atoms with Gasteiger partial charge >= 0.3 is 0 Å². The minimum absolute atomic E-state index is 0.141. The van der Waals surface area contributed by atoms with Crippen molar-refractivity contribution in [3.8, 4) is 0 Å². The van der Waals surface area contributed by atoms with Crippen LogP contribution in [0.5, 0.6) is 0 Å². The van der Waals surface area contributed by atoms with E-state index in [0.717, 1.165) is 12.8 Å². The lowest BCUT2D eigenvalue weighted by molar-refractivity contribution is -0.387. The average molecular weight is 387 g/mol. The molecule has 0 spiro atoms. The normalized spacial score (nSPS) is 11.8. The van der Waals surface area contributed by atoms with Crippen LogP contribution in [0.15, 0.2) is 21.8 Å². The number of aromatic nitrogens is 2. The Kier molecular flexibility index (Phi) is 5.65. The van der Waals surface area contributed by atoms with E-state index in [0.29, 0.717) is 10.6 Å². The molecule has 2 rings (SSSR count). The molecule has 2 aromatic rings. The largest absolute Gasteiger partial charge is 0.317 e. The second-order valence-electron chi connectivity index (χ2n) is 5.53. The van der Waals surface area contributed by atoms with Gasteiger partial charge in [-0.2, -0.15) is 0 Å². The summed E-state index contributed by atoms with van der Waals surface area (Å²) in [6, 6.07) is 2.70. The Morgan fingerprint density at radius 3 is 2.64 bits per heavy atom. The van der Waals surface area contributed by atoms with Gasteiger partial charge in [0, 0.05) is 18.4 Å². The Labute approximate surface area is 147 Å². The fourth-order valence-electron chi connectivity index (χ4n) is 1.94. The van der Waals surface area contributed by atoms with E-state index in [-0.39, 0.29) is 22.5 Å². The molecule has 1 aromatic heterocycles. The summed E-state index contributed by atoms with van der Waals surface area (Å²) >= 11 is 1.29. The van der Waals surface area contributed by atoms with E-state index in [4.69, 9.17) is 0 Å². The molecule has 136 valence electrons. The molecule has 10 nitrogen and oxygen atoms in total. The number of nitrogens with zero attached hydrogens (tertiary/aromatic N) is 3. The molecule has 0 bridgehead atoms. The Hall–Kier alpha value is -2.18. The van der Waals surface area contributed by atoms with E-state index in [1.807, 2.05) is 23.7 Å². The second kappa shape index (κ2) is 7.37. The van der Waals surface area contributed by atoms with Crippen LogP contribution in [-0.4, -0.2) is 60.9 Å². The number of nitro benzene ring substituents is 1. The third-order valence-electron chi connectivity index (χ3n) is 3.05. The predicted octanol–water partition coefficient (Wildman–Crippen LogP) is 0.856. The SMILES string of the molecule is CN(C)CCSc1cc2nc(NS(C)(=O)=O)c(=O)[nH]c2cc1[N+](=O)[O-]. The fraction of sp³-hybridized carbons (Fsp3) is 0.385. The molecule has 1 aromatic carbocycles. The number of hydrogen-bond acceptors (Lipinski definition) is 8. The van der Waals surface area contributed by atoms with Gasteiger partial charge in [0.1, 0.15) is 0 Å². The molecule has 25 heavy (non-hydrogen) atoms. The molecule has 0 saturated carbocycles. The minimum atomic E-state index is -3.68. The maximum atomic E-state index is 11.9. The predicted molar refractivity (Wildman–Crippen MR) is 96.8 cm³/mol. The van der Waals surface area contributed by atoms with Crippen molar-refractivity contribution >= 4 is 44.3 Å². The van der Waals surface area contributed by atoms with Gasteiger partial charge in [0.25, 0.3) is 11.2 Å². The van der Waals surface area contributed by atoms with Crippen LogP contribution in [0.2, 0.25) is 0 Å². The van der Waals surface area contributed by atoms with Crippen LogP contribution in [0.4, 0.5) is 11.5 Å². The Bertz CT molecular complexity index is 971. The third kappa shape index (κ3) is 5.14. The summed E-state index contributed by atoms with van der Waals surface area (Å²) in [5, 5.41) is 11.3. The van der Waals surface area contributed by atoms with Gasteiger partial charge in [-0.3, -0.25) is 19.6 Å². The van der Waals surface area contributed by atoms with Gasteiger partial charge in [-0.05, 0) is 20.2 Å². The number of nitrogens with one attached hydrogen (secondary N) is 2. The Morgan fingerprint density at radius 2 is 2.08 bits per heavy atom. The van der Waals surface area contributed by atoms with Crippen molar-refractivity contribution in [2.75, 3.05) is 37.4 Å². The molecule has 0 aliphatic rings. The van der Waals surface area contributed by atoms with E-state index in [9.17, 15) is 23.3 Å². The topological polar surface area (TPSA) is 138 Å². The Morgan fingerprint density at radius 1 is 1.40 bits per heavy atom. The van der Waals surface area contributed by atoms with E-state index in [1.165, 1.54) is 23.9 Å². The zero-order chi connectivity index (χ0) is 18.8.